The van der Waals surface area contributed by atoms with Crippen LogP contribution in [0.4, 0.5) is 5.69 Å². The summed E-state index contributed by atoms with van der Waals surface area (Å²) in [6.45, 7) is 4.88. The molecule has 2 atom stereocenters. The maximum atomic E-state index is 13.5. The van der Waals surface area contributed by atoms with Gasteiger partial charge in [-0.05, 0) is 69.4 Å². The van der Waals surface area contributed by atoms with Gasteiger partial charge < -0.3 is 15.1 Å². The average molecular weight is 518 g/mol. The highest BCUT2D eigenvalue weighted by Crippen LogP contribution is 2.38. The highest BCUT2D eigenvalue weighted by Gasteiger charge is 2.35. The van der Waals surface area contributed by atoms with E-state index in [0.717, 1.165) is 55.2 Å². The van der Waals surface area contributed by atoms with E-state index in [0.29, 0.717) is 29.6 Å². The number of carbonyl (C=O) groups is 2. The van der Waals surface area contributed by atoms with Crippen LogP contribution < -0.4 is 5.32 Å². The summed E-state index contributed by atoms with van der Waals surface area (Å²) in [5.74, 6) is -0.353. The van der Waals surface area contributed by atoms with Crippen LogP contribution in [-0.2, 0) is 9.59 Å². The Balaban J connectivity index is 1.24. The van der Waals surface area contributed by atoms with Crippen LogP contribution in [0.2, 0.25) is 0 Å². The highest BCUT2D eigenvalue weighted by molar-refractivity contribution is 7.18. The molecule has 6 rings (SSSR count). The number of rotatable bonds is 3. The van der Waals surface area contributed by atoms with Crippen molar-refractivity contribution in [3.05, 3.63) is 47.4 Å². The summed E-state index contributed by atoms with van der Waals surface area (Å²) in [6, 6.07) is 6.20. The number of likely N-dealkylation sites (tertiary alicyclic amines) is 2. The van der Waals surface area contributed by atoms with Crippen LogP contribution >= 0.6 is 11.3 Å². The van der Waals surface area contributed by atoms with Crippen LogP contribution in [0, 0.1) is 5.92 Å². The van der Waals surface area contributed by atoms with Crippen molar-refractivity contribution in [3.8, 4) is 0 Å². The maximum absolute atomic E-state index is 13.5. The first-order valence-electron chi connectivity index (χ1n) is 12.9. The van der Waals surface area contributed by atoms with Gasteiger partial charge in [0.15, 0.2) is 0 Å². The predicted molar refractivity (Wildman–Crippen MR) is 144 cm³/mol. The molecular weight excluding hydrogens is 486 g/mol. The molecule has 4 aromatic rings. The minimum absolute atomic E-state index is 0.159. The minimum atomic E-state index is -0.665. The monoisotopic (exact) mass is 517 g/mol. The van der Waals surface area contributed by atoms with Gasteiger partial charge in [0.25, 0.3) is 0 Å². The fourth-order valence-corrected chi connectivity index (χ4v) is 6.71. The third-order valence-corrected chi connectivity index (χ3v) is 8.96. The van der Waals surface area contributed by atoms with Crippen molar-refractivity contribution in [1.29, 1.82) is 0 Å². The summed E-state index contributed by atoms with van der Waals surface area (Å²) in [5.41, 5.74) is 3.12. The van der Waals surface area contributed by atoms with Gasteiger partial charge in [0.2, 0.25) is 0 Å². The number of aromatic amines is 1. The summed E-state index contributed by atoms with van der Waals surface area (Å²) >= 11 is 1.79. The number of thiazole rings is 1. The molecule has 2 aliphatic heterocycles. The fourth-order valence-electron chi connectivity index (χ4n) is 5.59. The number of piperidine rings is 2. The molecule has 10 heteroatoms. The smallest absolute Gasteiger partial charge is 0.314 e. The molecule has 192 valence electrons. The van der Waals surface area contributed by atoms with Crippen molar-refractivity contribution in [1.82, 2.24) is 30.0 Å². The van der Waals surface area contributed by atoms with Gasteiger partial charge in [-0.2, -0.15) is 5.10 Å². The van der Waals surface area contributed by atoms with Crippen LogP contribution in [-0.4, -0.2) is 68.5 Å². The lowest BCUT2D eigenvalue weighted by molar-refractivity contribution is -0.146. The second kappa shape index (κ2) is 9.83. The molecule has 2 saturated heterocycles. The number of amides is 2. The summed E-state index contributed by atoms with van der Waals surface area (Å²) < 4.78 is 1.18. The third-order valence-electron chi connectivity index (χ3n) is 7.76. The van der Waals surface area contributed by atoms with Crippen molar-refractivity contribution in [2.45, 2.75) is 44.6 Å². The van der Waals surface area contributed by atoms with Gasteiger partial charge in [-0.15, -0.1) is 11.3 Å². The van der Waals surface area contributed by atoms with Crippen molar-refractivity contribution in [3.63, 3.8) is 0 Å². The van der Waals surface area contributed by atoms with Crippen LogP contribution in [0.15, 0.2) is 36.8 Å². The zero-order valence-electron chi connectivity index (χ0n) is 21.1. The SMILES string of the molecule is CC1CC[C@H](c2ccc3sc(C4CCN(C)CC4)nc3c2)N(C(=O)C(=O)Nc2cncc3cn[nH]c23)C1. The van der Waals surface area contributed by atoms with E-state index in [1.807, 2.05) is 0 Å². The van der Waals surface area contributed by atoms with E-state index in [2.05, 4.69) is 57.6 Å². The third kappa shape index (κ3) is 4.71. The molecule has 2 N–H and O–H groups in total. The van der Waals surface area contributed by atoms with Crippen LogP contribution in [0.3, 0.4) is 0 Å². The summed E-state index contributed by atoms with van der Waals surface area (Å²) in [6.07, 6.45) is 8.92. The minimum Gasteiger partial charge on any atom is -0.327 e. The number of nitrogens with one attached hydrogen (secondary N) is 2. The number of pyridine rings is 1. The lowest BCUT2D eigenvalue weighted by Crippen LogP contribution is -2.46. The molecule has 2 amide bonds. The Bertz CT molecular complexity index is 1460. The zero-order valence-corrected chi connectivity index (χ0v) is 21.9. The molecule has 0 radical (unpaired) electrons. The normalized spacial score (nSPS) is 21.5. The number of hydrogen-bond donors (Lipinski definition) is 2. The van der Waals surface area contributed by atoms with Crippen molar-refractivity contribution < 1.29 is 9.59 Å². The first-order chi connectivity index (χ1) is 18.0. The van der Waals surface area contributed by atoms with Crippen LogP contribution in [0.1, 0.15) is 55.1 Å². The van der Waals surface area contributed by atoms with Crippen molar-refractivity contribution in [2.24, 2.45) is 5.92 Å². The van der Waals surface area contributed by atoms with Crippen molar-refractivity contribution >= 4 is 50.0 Å². The molecular formula is C27H31N7O2S. The van der Waals surface area contributed by atoms with E-state index in [-0.39, 0.29) is 6.04 Å². The lowest BCUT2D eigenvalue weighted by Gasteiger charge is -2.38. The van der Waals surface area contributed by atoms with Gasteiger partial charge in [0, 0.05) is 24.0 Å². The number of hydrogen-bond acceptors (Lipinski definition) is 7. The Labute approximate surface area is 219 Å². The molecule has 0 bridgehead atoms. The Hall–Kier alpha value is -3.37. The Morgan fingerprint density at radius 2 is 1.95 bits per heavy atom. The van der Waals surface area contributed by atoms with Gasteiger partial charge >= 0.3 is 11.8 Å². The number of nitrogens with zero attached hydrogens (tertiary/aromatic N) is 5. The Morgan fingerprint density at radius 1 is 1.11 bits per heavy atom. The molecule has 1 aromatic carbocycles. The first kappa shape index (κ1) is 24.0. The second-order valence-electron chi connectivity index (χ2n) is 10.5. The van der Waals surface area contributed by atoms with Gasteiger partial charge in [0.05, 0.1) is 44.9 Å². The van der Waals surface area contributed by atoms with E-state index in [9.17, 15) is 9.59 Å². The number of H-pyrrole nitrogens is 1. The summed E-state index contributed by atoms with van der Waals surface area (Å²) in [7, 11) is 2.17. The zero-order chi connectivity index (χ0) is 25.5. The second-order valence-corrected chi connectivity index (χ2v) is 11.6. The first-order valence-corrected chi connectivity index (χ1v) is 13.8. The van der Waals surface area contributed by atoms with Gasteiger partial charge in [-0.1, -0.05) is 13.0 Å². The van der Waals surface area contributed by atoms with Gasteiger partial charge in [-0.25, -0.2) is 4.98 Å². The molecule has 9 nitrogen and oxygen atoms in total. The molecule has 1 unspecified atom stereocenters. The molecule has 37 heavy (non-hydrogen) atoms. The average Bonchev–Trinajstić information content (AvgIpc) is 3.56. The Kier molecular flexibility index (Phi) is 6.37. The molecule has 2 aliphatic rings. The van der Waals surface area contributed by atoms with Crippen LogP contribution in [0.25, 0.3) is 21.1 Å². The largest absolute Gasteiger partial charge is 0.327 e. The van der Waals surface area contributed by atoms with E-state index < -0.39 is 11.8 Å². The molecule has 2 fully saturated rings. The summed E-state index contributed by atoms with van der Waals surface area (Å²) in [4.78, 5) is 39.8. The number of fused-ring (bicyclic) bond motifs is 2. The Morgan fingerprint density at radius 3 is 2.78 bits per heavy atom. The van der Waals surface area contributed by atoms with E-state index >= 15 is 0 Å². The number of aromatic nitrogens is 4. The molecule has 5 heterocycles. The quantitative estimate of drug-likeness (QED) is 0.392. The topological polar surface area (TPSA) is 107 Å². The van der Waals surface area contributed by atoms with E-state index in [4.69, 9.17) is 4.98 Å². The van der Waals surface area contributed by atoms with E-state index in [1.54, 1.807) is 28.6 Å². The number of carbonyl (C=O) groups excluding carboxylic acids is 2. The number of benzene rings is 1. The molecule has 0 spiro atoms. The fraction of sp³-hybridized carbons (Fsp3) is 0.444. The van der Waals surface area contributed by atoms with Crippen LogP contribution in [0.5, 0.6) is 0 Å². The predicted octanol–water partition coefficient (Wildman–Crippen LogP) is 4.32. The molecule has 3 aromatic heterocycles. The van der Waals surface area contributed by atoms with Gasteiger partial charge in [0.1, 0.15) is 0 Å². The standard InChI is InChI=1S/C27H31N7O2S/c1-16-3-5-22(18-4-6-23-20(11-18)31-26(37-23)17-7-9-33(2)10-8-17)34(15-16)27(36)25(35)30-21-14-28-12-19-13-29-32-24(19)21/h4,6,11-14,16-17,22H,3,5,7-10,15H2,1-2H3,(H,29,32)(H,30,35)/t16?,22-/m1/s1. The van der Waals surface area contributed by atoms with E-state index in [1.165, 1.54) is 15.9 Å². The summed E-state index contributed by atoms with van der Waals surface area (Å²) in [5, 5.41) is 11.6. The molecule has 0 aliphatic carbocycles. The maximum Gasteiger partial charge on any atom is 0.314 e. The molecule has 0 saturated carbocycles. The number of anilines is 1. The lowest BCUT2D eigenvalue weighted by atomic mass is 9.89. The highest BCUT2D eigenvalue weighted by atomic mass is 32.1. The van der Waals surface area contributed by atoms with Crippen molar-refractivity contribution in [2.75, 3.05) is 32.0 Å². The van der Waals surface area contributed by atoms with Gasteiger partial charge in [-0.3, -0.25) is 19.7 Å².